The van der Waals surface area contributed by atoms with Crippen LogP contribution < -0.4 is 0 Å². The standard InChI is InChI=1S/C12H18N4O/c1-15(2)12(17)16-7-4-10(5-8-16)11-3-6-13-9-14-11/h3,6,9-10H,4-5,7-8H2,1-2H3. The lowest BCUT2D eigenvalue weighted by Gasteiger charge is -2.33. The van der Waals surface area contributed by atoms with Crippen molar-refractivity contribution >= 4 is 6.03 Å². The van der Waals surface area contributed by atoms with E-state index >= 15 is 0 Å². The summed E-state index contributed by atoms with van der Waals surface area (Å²) in [7, 11) is 3.58. The zero-order valence-corrected chi connectivity index (χ0v) is 10.3. The van der Waals surface area contributed by atoms with E-state index in [2.05, 4.69) is 9.97 Å². The van der Waals surface area contributed by atoms with Crippen molar-refractivity contribution in [2.45, 2.75) is 18.8 Å². The molecule has 0 radical (unpaired) electrons. The molecular weight excluding hydrogens is 216 g/mol. The van der Waals surface area contributed by atoms with Gasteiger partial charge in [-0.2, -0.15) is 0 Å². The Hall–Kier alpha value is -1.65. The lowest BCUT2D eigenvalue weighted by atomic mass is 9.93. The third kappa shape index (κ3) is 2.72. The molecule has 5 nitrogen and oxygen atoms in total. The quantitative estimate of drug-likeness (QED) is 0.736. The molecule has 1 aromatic rings. The highest BCUT2D eigenvalue weighted by molar-refractivity contribution is 5.73. The van der Waals surface area contributed by atoms with E-state index in [9.17, 15) is 4.79 Å². The molecule has 0 N–H and O–H groups in total. The summed E-state index contributed by atoms with van der Waals surface area (Å²) in [6.45, 7) is 1.62. The Bertz CT molecular complexity index is 371. The first-order valence-corrected chi connectivity index (χ1v) is 5.90. The van der Waals surface area contributed by atoms with Gasteiger partial charge in [-0.3, -0.25) is 0 Å². The first-order valence-electron chi connectivity index (χ1n) is 5.90. The third-order valence-corrected chi connectivity index (χ3v) is 3.17. The van der Waals surface area contributed by atoms with Gasteiger partial charge >= 0.3 is 6.03 Å². The maximum Gasteiger partial charge on any atom is 0.319 e. The van der Waals surface area contributed by atoms with Gasteiger partial charge in [0.2, 0.25) is 0 Å². The molecule has 0 saturated carbocycles. The van der Waals surface area contributed by atoms with Gasteiger partial charge in [-0.15, -0.1) is 0 Å². The van der Waals surface area contributed by atoms with E-state index in [1.54, 1.807) is 31.5 Å². The van der Waals surface area contributed by atoms with E-state index in [1.807, 2.05) is 11.0 Å². The summed E-state index contributed by atoms with van der Waals surface area (Å²) in [5.74, 6) is 0.462. The molecule has 0 spiro atoms. The van der Waals surface area contributed by atoms with Gasteiger partial charge in [0, 0.05) is 45.0 Å². The van der Waals surface area contributed by atoms with E-state index in [0.29, 0.717) is 5.92 Å². The maximum atomic E-state index is 11.8. The van der Waals surface area contributed by atoms with Gasteiger partial charge < -0.3 is 9.80 Å². The van der Waals surface area contributed by atoms with Crippen LogP contribution >= 0.6 is 0 Å². The van der Waals surface area contributed by atoms with Gasteiger partial charge in [-0.05, 0) is 18.9 Å². The molecule has 0 aromatic carbocycles. The average Bonchev–Trinajstić information content (AvgIpc) is 2.39. The Kier molecular flexibility index (Phi) is 3.56. The van der Waals surface area contributed by atoms with Gasteiger partial charge in [0.1, 0.15) is 6.33 Å². The molecule has 1 aliphatic heterocycles. The summed E-state index contributed by atoms with van der Waals surface area (Å²) in [5, 5.41) is 0. The van der Waals surface area contributed by atoms with Gasteiger partial charge in [0.05, 0.1) is 0 Å². The van der Waals surface area contributed by atoms with Gasteiger partial charge in [0.15, 0.2) is 0 Å². The molecule has 92 valence electrons. The number of amides is 2. The van der Waals surface area contributed by atoms with Crippen molar-refractivity contribution in [3.63, 3.8) is 0 Å². The van der Waals surface area contributed by atoms with Crippen LogP contribution in [0.3, 0.4) is 0 Å². The molecular formula is C12H18N4O. The molecule has 0 unspecified atom stereocenters. The van der Waals surface area contributed by atoms with Crippen molar-refractivity contribution in [3.05, 3.63) is 24.3 Å². The molecule has 1 saturated heterocycles. The Morgan fingerprint density at radius 1 is 1.41 bits per heavy atom. The smallest absolute Gasteiger partial charge is 0.319 e. The number of hydrogen-bond acceptors (Lipinski definition) is 3. The van der Waals surface area contributed by atoms with Crippen LogP contribution in [0.5, 0.6) is 0 Å². The van der Waals surface area contributed by atoms with Crippen LogP contribution in [0.15, 0.2) is 18.6 Å². The van der Waals surface area contributed by atoms with Gasteiger partial charge in [-0.25, -0.2) is 14.8 Å². The van der Waals surface area contributed by atoms with Crippen molar-refractivity contribution in [3.8, 4) is 0 Å². The summed E-state index contributed by atoms with van der Waals surface area (Å²) >= 11 is 0. The van der Waals surface area contributed by atoms with Gasteiger partial charge in [0.25, 0.3) is 0 Å². The number of nitrogens with zero attached hydrogens (tertiary/aromatic N) is 4. The second-order valence-electron chi connectivity index (χ2n) is 4.57. The molecule has 0 atom stereocenters. The van der Waals surface area contributed by atoms with Crippen molar-refractivity contribution < 1.29 is 4.79 Å². The van der Waals surface area contributed by atoms with E-state index in [-0.39, 0.29) is 6.03 Å². The number of likely N-dealkylation sites (tertiary alicyclic amines) is 1. The number of carbonyl (C=O) groups excluding carboxylic acids is 1. The molecule has 5 heteroatoms. The minimum absolute atomic E-state index is 0.103. The first-order chi connectivity index (χ1) is 8.18. The minimum atomic E-state index is 0.103. The molecule has 1 aromatic heterocycles. The maximum absolute atomic E-state index is 11.8. The largest absolute Gasteiger partial charge is 0.331 e. The lowest BCUT2D eigenvalue weighted by Crippen LogP contribution is -2.43. The lowest BCUT2D eigenvalue weighted by molar-refractivity contribution is 0.156. The summed E-state index contributed by atoms with van der Waals surface area (Å²) in [6, 6.07) is 2.07. The predicted molar refractivity (Wildman–Crippen MR) is 64.7 cm³/mol. The summed E-state index contributed by atoms with van der Waals surface area (Å²) in [5.41, 5.74) is 1.09. The number of carbonyl (C=O) groups is 1. The summed E-state index contributed by atoms with van der Waals surface area (Å²) in [6.07, 6.45) is 5.33. The van der Waals surface area contributed by atoms with Crippen LogP contribution in [0.4, 0.5) is 4.79 Å². The Balaban J connectivity index is 1.93. The zero-order chi connectivity index (χ0) is 12.3. The highest BCUT2D eigenvalue weighted by Gasteiger charge is 2.25. The molecule has 2 rings (SSSR count). The second-order valence-corrected chi connectivity index (χ2v) is 4.57. The average molecular weight is 234 g/mol. The highest BCUT2D eigenvalue weighted by atomic mass is 16.2. The van der Waals surface area contributed by atoms with E-state index in [4.69, 9.17) is 0 Å². The third-order valence-electron chi connectivity index (χ3n) is 3.17. The summed E-state index contributed by atoms with van der Waals surface area (Å²) in [4.78, 5) is 23.5. The molecule has 1 fully saturated rings. The SMILES string of the molecule is CN(C)C(=O)N1CCC(c2ccncn2)CC1. The predicted octanol–water partition coefficient (Wildman–Crippen LogP) is 1.34. The van der Waals surface area contributed by atoms with Crippen LogP contribution in [0.2, 0.25) is 0 Å². The number of rotatable bonds is 1. The van der Waals surface area contributed by atoms with E-state index in [1.165, 1.54) is 0 Å². The van der Waals surface area contributed by atoms with Crippen LogP contribution in [0.1, 0.15) is 24.5 Å². The zero-order valence-electron chi connectivity index (χ0n) is 10.3. The van der Waals surface area contributed by atoms with Crippen LogP contribution in [-0.2, 0) is 0 Å². The Morgan fingerprint density at radius 3 is 2.65 bits per heavy atom. The Morgan fingerprint density at radius 2 is 2.12 bits per heavy atom. The minimum Gasteiger partial charge on any atom is -0.331 e. The molecule has 17 heavy (non-hydrogen) atoms. The van der Waals surface area contributed by atoms with Crippen LogP contribution in [0.25, 0.3) is 0 Å². The van der Waals surface area contributed by atoms with Crippen molar-refractivity contribution in [2.75, 3.05) is 27.2 Å². The molecule has 2 amide bonds. The Labute approximate surface area is 101 Å². The monoisotopic (exact) mass is 234 g/mol. The second kappa shape index (κ2) is 5.12. The van der Waals surface area contributed by atoms with E-state index in [0.717, 1.165) is 31.6 Å². The molecule has 2 heterocycles. The number of piperidine rings is 1. The summed E-state index contributed by atoms with van der Waals surface area (Å²) < 4.78 is 0. The molecule has 0 aliphatic carbocycles. The number of aromatic nitrogens is 2. The van der Waals surface area contributed by atoms with Crippen molar-refractivity contribution in [1.82, 2.24) is 19.8 Å². The molecule has 1 aliphatic rings. The van der Waals surface area contributed by atoms with E-state index < -0.39 is 0 Å². The fourth-order valence-corrected chi connectivity index (χ4v) is 2.19. The van der Waals surface area contributed by atoms with Gasteiger partial charge in [-0.1, -0.05) is 0 Å². The normalized spacial score (nSPS) is 16.9. The van der Waals surface area contributed by atoms with Crippen LogP contribution in [-0.4, -0.2) is 53.0 Å². The van der Waals surface area contributed by atoms with Crippen molar-refractivity contribution in [1.29, 1.82) is 0 Å². The highest BCUT2D eigenvalue weighted by Crippen LogP contribution is 2.26. The molecule has 0 bridgehead atoms. The number of urea groups is 1. The van der Waals surface area contributed by atoms with Crippen molar-refractivity contribution in [2.24, 2.45) is 0 Å². The first kappa shape index (κ1) is 11.8. The number of hydrogen-bond donors (Lipinski definition) is 0. The fourth-order valence-electron chi connectivity index (χ4n) is 2.19. The van der Waals surface area contributed by atoms with Crippen LogP contribution in [0, 0.1) is 0 Å². The topological polar surface area (TPSA) is 49.3 Å². The fraction of sp³-hybridized carbons (Fsp3) is 0.583.